The summed E-state index contributed by atoms with van der Waals surface area (Å²) >= 11 is 1.43. The number of carbonyl (C=O) groups is 1. The molecule has 8 nitrogen and oxygen atoms in total. The zero-order valence-electron chi connectivity index (χ0n) is 11.6. The van der Waals surface area contributed by atoms with Crippen LogP contribution < -0.4 is 10.4 Å². The Kier molecular flexibility index (Phi) is 4.94. The van der Waals surface area contributed by atoms with Gasteiger partial charge in [0.25, 0.3) is 0 Å². The van der Waals surface area contributed by atoms with E-state index in [9.17, 15) is 18.0 Å². The van der Waals surface area contributed by atoms with Gasteiger partial charge >= 0.3 is 11.7 Å². The molecule has 1 atom stereocenters. The molecule has 2 aromatic rings. The van der Waals surface area contributed by atoms with E-state index in [2.05, 4.69) is 14.7 Å². The number of carboxylic acids is 1. The van der Waals surface area contributed by atoms with Gasteiger partial charge in [0, 0.05) is 0 Å². The Balaban J connectivity index is 2.30. The molecule has 0 amide bonds. The Morgan fingerprint density at radius 2 is 2.05 bits per heavy atom. The SMILES string of the molecule is CSCC[C@H](NS(=O)(=O)c1ccc2[nH]c(=O)[nH]c2c1)C(=O)O. The summed E-state index contributed by atoms with van der Waals surface area (Å²) in [6.07, 6.45) is 1.99. The first-order valence-corrected chi connectivity index (χ1v) is 9.17. The van der Waals surface area contributed by atoms with Crippen molar-refractivity contribution in [1.29, 1.82) is 0 Å². The van der Waals surface area contributed by atoms with Gasteiger partial charge < -0.3 is 15.1 Å². The van der Waals surface area contributed by atoms with Crippen LogP contribution in [0.5, 0.6) is 0 Å². The van der Waals surface area contributed by atoms with Crippen molar-refractivity contribution in [3.63, 3.8) is 0 Å². The molecule has 0 saturated carbocycles. The molecule has 1 aromatic heterocycles. The molecule has 0 bridgehead atoms. The second kappa shape index (κ2) is 6.55. The third-order valence-electron chi connectivity index (χ3n) is 3.00. The Hall–Kier alpha value is -1.78. The van der Waals surface area contributed by atoms with E-state index in [0.29, 0.717) is 16.8 Å². The third-order valence-corrected chi connectivity index (χ3v) is 5.12. The van der Waals surface area contributed by atoms with Crippen LogP contribution in [0.1, 0.15) is 6.42 Å². The summed E-state index contributed by atoms with van der Waals surface area (Å²) in [5, 5.41) is 9.10. The van der Waals surface area contributed by atoms with Gasteiger partial charge in [0.2, 0.25) is 10.0 Å². The van der Waals surface area contributed by atoms with Crippen molar-refractivity contribution in [2.75, 3.05) is 12.0 Å². The number of hydrogen-bond acceptors (Lipinski definition) is 5. The molecule has 22 heavy (non-hydrogen) atoms. The van der Waals surface area contributed by atoms with Crippen LogP contribution in [0.25, 0.3) is 11.0 Å². The lowest BCUT2D eigenvalue weighted by Crippen LogP contribution is -2.41. The molecular formula is C12H15N3O5S2. The summed E-state index contributed by atoms with van der Waals surface area (Å²) in [7, 11) is -3.99. The molecule has 0 spiro atoms. The van der Waals surface area contributed by atoms with Crippen LogP contribution in [0.2, 0.25) is 0 Å². The Labute approximate surface area is 130 Å². The van der Waals surface area contributed by atoms with Crippen molar-refractivity contribution in [2.45, 2.75) is 17.4 Å². The molecular weight excluding hydrogens is 330 g/mol. The summed E-state index contributed by atoms with van der Waals surface area (Å²) in [6, 6.07) is 2.84. The van der Waals surface area contributed by atoms with E-state index >= 15 is 0 Å². The number of H-pyrrole nitrogens is 2. The summed E-state index contributed by atoms with van der Waals surface area (Å²) < 4.78 is 26.7. The second-order valence-electron chi connectivity index (χ2n) is 4.58. The maximum atomic E-state index is 12.3. The lowest BCUT2D eigenvalue weighted by atomic mass is 10.2. The van der Waals surface area contributed by atoms with Crippen LogP contribution in [-0.4, -0.2) is 47.5 Å². The van der Waals surface area contributed by atoms with E-state index in [1.807, 2.05) is 6.26 Å². The number of benzene rings is 1. The first-order valence-electron chi connectivity index (χ1n) is 6.29. The number of imidazole rings is 1. The smallest absolute Gasteiger partial charge is 0.323 e. The van der Waals surface area contributed by atoms with Gasteiger partial charge in [-0.15, -0.1) is 0 Å². The number of fused-ring (bicyclic) bond motifs is 1. The predicted octanol–water partition coefficient (Wildman–Crippen LogP) is 0.341. The minimum atomic E-state index is -3.99. The van der Waals surface area contributed by atoms with Crippen LogP contribution in [0.3, 0.4) is 0 Å². The molecule has 0 fully saturated rings. The maximum Gasteiger partial charge on any atom is 0.323 e. The third kappa shape index (κ3) is 3.70. The van der Waals surface area contributed by atoms with Crippen LogP contribution in [-0.2, 0) is 14.8 Å². The quantitative estimate of drug-likeness (QED) is 0.572. The van der Waals surface area contributed by atoms with Crippen molar-refractivity contribution >= 4 is 38.8 Å². The largest absolute Gasteiger partial charge is 0.480 e. The van der Waals surface area contributed by atoms with E-state index in [1.165, 1.54) is 30.0 Å². The van der Waals surface area contributed by atoms with Crippen molar-refractivity contribution in [3.8, 4) is 0 Å². The minimum absolute atomic E-state index is 0.106. The molecule has 10 heteroatoms. The summed E-state index contributed by atoms with van der Waals surface area (Å²) in [5.41, 5.74) is 0.367. The molecule has 1 heterocycles. The second-order valence-corrected chi connectivity index (χ2v) is 7.28. The average molecular weight is 345 g/mol. The Morgan fingerprint density at radius 1 is 1.36 bits per heavy atom. The molecule has 0 saturated heterocycles. The van der Waals surface area contributed by atoms with E-state index in [0.717, 1.165) is 0 Å². The fourth-order valence-electron chi connectivity index (χ4n) is 1.90. The zero-order valence-corrected chi connectivity index (χ0v) is 13.3. The highest BCUT2D eigenvalue weighted by atomic mass is 32.2. The number of aromatic nitrogens is 2. The lowest BCUT2D eigenvalue weighted by Gasteiger charge is -2.14. The molecule has 0 aliphatic heterocycles. The van der Waals surface area contributed by atoms with Gasteiger partial charge in [-0.3, -0.25) is 4.79 Å². The van der Waals surface area contributed by atoms with Crippen molar-refractivity contribution in [3.05, 3.63) is 28.7 Å². The number of rotatable bonds is 7. The number of hydrogen-bond donors (Lipinski definition) is 4. The predicted molar refractivity (Wildman–Crippen MR) is 83.7 cm³/mol. The Morgan fingerprint density at radius 3 is 2.68 bits per heavy atom. The van der Waals surface area contributed by atoms with Crippen molar-refractivity contribution < 1.29 is 18.3 Å². The first-order chi connectivity index (χ1) is 10.3. The van der Waals surface area contributed by atoms with Crippen molar-refractivity contribution in [1.82, 2.24) is 14.7 Å². The fraction of sp³-hybridized carbons (Fsp3) is 0.333. The van der Waals surface area contributed by atoms with E-state index in [4.69, 9.17) is 5.11 Å². The number of sulfonamides is 1. The number of aromatic amines is 2. The molecule has 1 aromatic carbocycles. The topological polar surface area (TPSA) is 132 Å². The summed E-state index contributed by atoms with van der Waals surface area (Å²) in [6.45, 7) is 0. The minimum Gasteiger partial charge on any atom is -0.480 e. The summed E-state index contributed by atoms with van der Waals surface area (Å²) in [4.78, 5) is 27.2. The molecule has 120 valence electrons. The number of carboxylic acid groups (broad SMARTS) is 1. The van der Waals surface area contributed by atoms with E-state index in [-0.39, 0.29) is 11.3 Å². The highest BCUT2D eigenvalue weighted by Gasteiger charge is 2.25. The highest BCUT2D eigenvalue weighted by Crippen LogP contribution is 2.16. The van der Waals surface area contributed by atoms with Crippen LogP contribution in [0, 0.1) is 0 Å². The van der Waals surface area contributed by atoms with E-state index < -0.39 is 27.7 Å². The van der Waals surface area contributed by atoms with Gasteiger partial charge in [0.05, 0.1) is 15.9 Å². The van der Waals surface area contributed by atoms with Crippen molar-refractivity contribution in [2.24, 2.45) is 0 Å². The maximum absolute atomic E-state index is 12.3. The van der Waals surface area contributed by atoms with Crippen LogP contribution in [0.4, 0.5) is 0 Å². The first kappa shape index (κ1) is 16.6. The van der Waals surface area contributed by atoms with Gasteiger partial charge in [-0.25, -0.2) is 13.2 Å². The van der Waals surface area contributed by atoms with Gasteiger partial charge in [-0.05, 0) is 36.6 Å². The zero-order chi connectivity index (χ0) is 16.3. The molecule has 0 aliphatic carbocycles. The Bertz CT molecular complexity index is 840. The van der Waals surface area contributed by atoms with Crippen LogP contribution >= 0.6 is 11.8 Å². The molecule has 4 N–H and O–H groups in total. The lowest BCUT2D eigenvalue weighted by molar-refractivity contribution is -0.139. The van der Waals surface area contributed by atoms with Gasteiger partial charge in [0.15, 0.2) is 0 Å². The normalized spacial score (nSPS) is 13.3. The number of thioether (sulfide) groups is 1. The number of aliphatic carboxylic acids is 1. The fourth-order valence-corrected chi connectivity index (χ4v) is 3.62. The van der Waals surface area contributed by atoms with Gasteiger partial charge in [-0.1, -0.05) is 0 Å². The van der Waals surface area contributed by atoms with Gasteiger partial charge in [-0.2, -0.15) is 16.5 Å². The van der Waals surface area contributed by atoms with Gasteiger partial charge in [0.1, 0.15) is 6.04 Å². The molecule has 0 aliphatic rings. The van der Waals surface area contributed by atoms with Crippen LogP contribution in [0.15, 0.2) is 27.9 Å². The number of nitrogens with one attached hydrogen (secondary N) is 3. The standard InChI is InChI=1S/C12H15N3O5S2/c1-21-5-4-9(11(16)17)15-22(19,20)7-2-3-8-10(6-7)14-12(18)13-8/h2-3,6,9,15H,4-5H2,1H3,(H,16,17)(H2,13,14,18)/t9-/m0/s1. The highest BCUT2D eigenvalue weighted by molar-refractivity contribution is 7.98. The summed E-state index contributed by atoms with van der Waals surface area (Å²) in [5.74, 6) is -0.710. The average Bonchev–Trinajstić information content (AvgIpc) is 2.82. The van der Waals surface area contributed by atoms with E-state index in [1.54, 1.807) is 0 Å². The molecule has 2 rings (SSSR count). The molecule has 0 radical (unpaired) electrons. The molecule has 0 unspecified atom stereocenters. The monoisotopic (exact) mass is 345 g/mol.